The van der Waals surface area contributed by atoms with E-state index < -0.39 is 15.8 Å². The normalized spacial score (nSPS) is 17.6. The van der Waals surface area contributed by atoms with E-state index in [4.69, 9.17) is 4.74 Å². The number of likely N-dealkylation sites (tertiary alicyclic amines) is 1. The predicted octanol–water partition coefficient (Wildman–Crippen LogP) is 1.84. The summed E-state index contributed by atoms with van der Waals surface area (Å²) >= 11 is 0. The lowest BCUT2D eigenvalue weighted by molar-refractivity contribution is 0.213. The molecule has 0 bridgehead atoms. The van der Waals surface area contributed by atoms with Gasteiger partial charge in [0.2, 0.25) is 10.0 Å². The number of hydrogen-bond acceptors (Lipinski definition) is 4. The summed E-state index contributed by atoms with van der Waals surface area (Å²) in [5.41, 5.74) is 0. The first-order chi connectivity index (χ1) is 10.4. The predicted molar refractivity (Wildman–Crippen MR) is 83.0 cm³/mol. The van der Waals surface area contributed by atoms with Gasteiger partial charge in [0.05, 0.1) is 12.0 Å². The second-order valence-electron chi connectivity index (χ2n) is 5.73. The Hall–Kier alpha value is -1.18. The third-order valence-electron chi connectivity index (χ3n) is 4.12. The molecule has 0 amide bonds. The number of sulfonamides is 1. The Morgan fingerprint density at radius 3 is 2.64 bits per heavy atom. The summed E-state index contributed by atoms with van der Waals surface area (Å²) in [6.45, 7) is 2.49. The second kappa shape index (κ2) is 7.39. The van der Waals surface area contributed by atoms with E-state index in [1.807, 2.05) is 0 Å². The number of hydrogen-bond donors (Lipinski definition) is 1. The summed E-state index contributed by atoms with van der Waals surface area (Å²) in [6, 6.07) is 3.65. The number of nitrogens with one attached hydrogen (secondary N) is 1. The van der Waals surface area contributed by atoms with Crippen molar-refractivity contribution in [3.63, 3.8) is 0 Å². The van der Waals surface area contributed by atoms with Crippen LogP contribution in [0.2, 0.25) is 0 Å². The Labute approximate surface area is 131 Å². The van der Waals surface area contributed by atoms with Gasteiger partial charge in [0.1, 0.15) is 0 Å². The fourth-order valence-corrected chi connectivity index (χ4v) is 3.70. The maximum absolute atomic E-state index is 13.6. The minimum Gasteiger partial charge on any atom is -0.494 e. The largest absolute Gasteiger partial charge is 0.494 e. The molecule has 0 aliphatic carbocycles. The van der Waals surface area contributed by atoms with Crippen LogP contribution < -0.4 is 9.46 Å². The fourth-order valence-electron chi connectivity index (χ4n) is 2.65. The Morgan fingerprint density at radius 1 is 1.36 bits per heavy atom. The van der Waals surface area contributed by atoms with E-state index in [1.54, 1.807) is 0 Å². The van der Waals surface area contributed by atoms with Gasteiger partial charge < -0.3 is 9.64 Å². The summed E-state index contributed by atoms with van der Waals surface area (Å²) in [5, 5.41) is 0. The van der Waals surface area contributed by atoms with Gasteiger partial charge in [-0.1, -0.05) is 0 Å². The first kappa shape index (κ1) is 17.2. The molecule has 1 aliphatic heterocycles. The average Bonchev–Trinajstić information content (AvgIpc) is 2.49. The number of rotatable bonds is 6. The highest BCUT2D eigenvalue weighted by Crippen LogP contribution is 2.21. The van der Waals surface area contributed by atoms with E-state index in [0.29, 0.717) is 12.5 Å². The standard InChI is InChI=1S/C15H23FN2O3S/c1-18-9-6-12(7-10-18)5-8-17-22(19,20)13-3-4-15(21-2)14(16)11-13/h3-4,11-12,17H,5-10H2,1-2H3. The zero-order chi connectivity index (χ0) is 16.2. The van der Waals surface area contributed by atoms with Gasteiger partial charge in [-0.15, -0.1) is 0 Å². The number of benzene rings is 1. The van der Waals surface area contributed by atoms with Gasteiger partial charge in [0.25, 0.3) is 0 Å². The van der Waals surface area contributed by atoms with Gasteiger partial charge >= 0.3 is 0 Å². The molecule has 1 saturated heterocycles. The molecule has 0 spiro atoms. The third kappa shape index (κ3) is 4.41. The van der Waals surface area contributed by atoms with E-state index in [1.165, 1.54) is 19.2 Å². The van der Waals surface area contributed by atoms with Crippen molar-refractivity contribution in [1.82, 2.24) is 9.62 Å². The summed E-state index contributed by atoms with van der Waals surface area (Å²) in [6.07, 6.45) is 3.00. The van der Waals surface area contributed by atoms with Crippen molar-refractivity contribution in [3.05, 3.63) is 24.0 Å². The molecular formula is C15H23FN2O3S. The van der Waals surface area contributed by atoms with Crippen molar-refractivity contribution in [3.8, 4) is 5.75 Å². The zero-order valence-electron chi connectivity index (χ0n) is 13.0. The van der Waals surface area contributed by atoms with E-state index in [9.17, 15) is 12.8 Å². The van der Waals surface area contributed by atoms with Crippen LogP contribution in [0, 0.1) is 11.7 Å². The Bertz CT molecular complexity index is 599. The molecule has 1 heterocycles. The Kier molecular flexibility index (Phi) is 5.77. The minimum absolute atomic E-state index is 0.0327. The summed E-state index contributed by atoms with van der Waals surface area (Å²) in [5.74, 6) is -0.0996. The molecule has 1 N–H and O–H groups in total. The molecule has 2 rings (SSSR count). The number of nitrogens with zero attached hydrogens (tertiary/aromatic N) is 1. The average molecular weight is 330 g/mol. The van der Waals surface area contributed by atoms with Gasteiger partial charge in [0.15, 0.2) is 11.6 Å². The third-order valence-corrected chi connectivity index (χ3v) is 5.58. The smallest absolute Gasteiger partial charge is 0.240 e. The van der Waals surface area contributed by atoms with Crippen molar-refractivity contribution in [2.24, 2.45) is 5.92 Å². The van der Waals surface area contributed by atoms with Crippen LogP contribution in [-0.2, 0) is 10.0 Å². The number of ether oxygens (including phenoxy) is 1. The lowest BCUT2D eigenvalue weighted by Crippen LogP contribution is -2.32. The molecule has 22 heavy (non-hydrogen) atoms. The first-order valence-corrected chi connectivity index (χ1v) is 8.92. The summed E-state index contributed by atoms with van der Waals surface area (Å²) in [7, 11) is -0.241. The minimum atomic E-state index is -3.68. The molecule has 0 aromatic heterocycles. The van der Waals surface area contributed by atoms with Crippen LogP contribution >= 0.6 is 0 Å². The maximum atomic E-state index is 13.6. The van der Waals surface area contributed by atoms with E-state index in [-0.39, 0.29) is 10.6 Å². The molecule has 124 valence electrons. The topological polar surface area (TPSA) is 58.6 Å². The van der Waals surface area contributed by atoms with Crippen molar-refractivity contribution in [2.45, 2.75) is 24.2 Å². The van der Waals surface area contributed by atoms with Crippen LogP contribution in [0.3, 0.4) is 0 Å². The van der Waals surface area contributed by atoms with Crippen LogP contribution in [-0.4, -0.2) is 47.1 Å². The van der Waals surface area contributed by atoms with Crippen LogP contribution in [0.1, 0.15) is 19.3 Å². The molecule has 1 aromatic carbocycles. The Morgan fingerprint density at radius 2 is 2.05 bits per heavy atom. The van der Waals surface area contributed by atoms with Crippen molar-refractivity contribution < 1.29 is 17.5 Å². The molecule has 0 unspecified atom stereocenters. The summed E-state index contributed by atoms with van der Waals surface area (Å²) in [4.78, 5) is 2.20. The van der Waals surface area contributed by atoms with Crippen LogP contribution in [0.25, 0.3) is 0 Å². The first-order valence-electron chi connectivity index (χ1n) is 7.44. The lowest BCUT2D eigenvalue weighted by atomic mass is 9.94. The molecular weight excluding hydrogens is 307 g/mol. The number of halogens is 1. The monoisotopic (exact) mass is 330 g/mol. The number of methoxy groups -OCH3 is 1. The van der Waals surface area contributed by atoms with Gasteiger partial charge in [-0.2, -0.15) is 0 Å². The molecule has 7 heteroatoms. The van der Waals surface area contributed by atoms with Crippen molar-refractivity contribution in [2.75, 3.05) is 33.8 Å². The zero-order valence-corrected chi connectivity index (χ0v) is 13.8. The molecule has 1 fully saturated rings. The fraction of sp³-hybridized carbons (Fsp3) is 0.600. The molecule has 0 radical (unpaired) electrons. The quantitative estimate of drug-likeness (QED) is 0.865. The van der Waals surface area contributed by atoms with Crippen LogP contribution in [0.15, 0.2) is 23.1 Å². The molecule has 0 saturated carbocycles. The lowest BCUT2D eigenvalue weighted by Gasteiger charge is -2.28. The van der Waals surface area contributed by atoms with E-state index in [2.05, 4.69) is 16.7 Å². The van der Waals surface area contributed by atoms with E-state index in [0.717, 1.165) is 38.4 Å². The Balaban J connectivity index is 1.89. The molecule has 5 nitrogen and oxygen atoms in total. The van der Waals surface area contributed by atoms with Crippen molar-refractivity contribution >= 4 is 10.0 Å². The maximum Gasteiger partial charge on any atom is 0.240 e. The van der Waals surface area contributed by atoms with Gasteiger partial charge in [-0.3, -0.25) is 0 Å². The van der Waals surface area contributed by atoms with Crippen LogP contribution in [0.4, 0.5) is 4.39 Å². The molecule has 1 aromatic rings. The van der Waals surface area contributed by atoms with Crippen LogP contribution in [0.5, 0.6) is 5.75 Å². The highest BCUT2D eigenvalue weighted by Gasteiger charge is 2.19. The molecule has 0 atom stereocenters. The highest BCUT2D eigenvalue weighted by atomic mass is 32.2. The number of piperidine rings is 1. The van der Waals surface area contributed by atoms with Gasteiger partial charge in [-0.05, 0) is 63.5 Å². The molecule has 1 aliphatic rings. The highest BCUT2D eigenvalue weighted by molar-refractivity contribution is 7.89. The summed E-state index contributed by atoms with van der Waals surface area (Å²) < 4.78 is 45.2. The second-order valence-corrected chi connectivity index (χ2v) is 7.50. The van der Waals surface area contributed by atoms with Gasteiger partial charge in [0, 0.05) is 6.54 Å². The SMILES string of the molecule is COc1ccc(S(=O)(=O)NCCC2CCN(C)CC2)cc1F. The van der Waals surface area contributed by atoms with Gasteiger partial charge in [-0.25, -0.2) is 17.5 Å². The van der Waals surface area contributed by atoms with Crippen molar-refractivity contribution in [1.29, 1.82) is 0 Å². The van der Waals surface area contributed by atoms with E-state index >= 15 is 0 Å².